The van der Waals surface area contributed by atoms with Crippen LogP contribution in [0, 0.1) is 0 Å². The molecule has 2 rings (SSSR count). The zero-order valence-electron chi connectivity index (χ0n) is 10.8. The van der Waals surface area contributed by atoms with Crippen LogP contribution in [0.1, 0.15) is 26.7 Å². The molecule has 0 radical (unpaired) electrons. The van der Waals surface area contributed by atoms with Crippen molar-refractivity contribution in [2.24, 2.45) is 5.14 Å². The second-order valence-corrected chi connectivity index (χ2v) is 6.02. The van der Waals surface area contributed by atoms with Gasteiger partial charge in [-0.05, 0) is 31.0 Å². The number of nitrogens with two attached hydrogens (primary N) is 1. The fraction of sp³-hybridized carbons (Fsp3) is 0.417. The third-order valence-electron chi connectivity index (χ3n) is 3.39. The molecule has 0 saturated carbocycles. The van der Waals surface area contributed by atoms with Crippen molar-refractivity contribution in [1.82, 2.24) is 0 Å². The van der Waals surface area contributed by atoms with Crippen LogP contribution >= 0.6 is 0 Å². The monoisotopic (exact) mass is 284 g/mol. The molecule has 0 atom stereocenters. The quantitative estimate of drug-likeness (QED) is 0.872. The molecule has 19 heavy (non-hydrogen) atoms. The smallest absolute Gasteiger partial charge is 0.268 e. The minimum Gasteiger partial charge on any atom is -0.475 e. The zero-order chi connectivity index (χ0) is 14.3. The van der Waals surface area contributed by atoms with Crippen molar-refractivity contribution >= 4 is 21.6 Å². The van der Waals surface area contributed by atoms with Gasteiger partial charge in [0.25, 0.3) is 5.91 Å². The summed E-state index contributed by atoms with van der Waals surface area (Å²) < 4.78 is 28.3. The number of carbonyl (C=O) groups is 1. The van der Waals surface area contributed by atoms with E-state index < -0.39 is 15.6 Å². The van der Waals surface area contributed by atoms with E-state index >= 15 is 0 Å². The van der Waals surface area contributed by atoms with E-state index in [9.17, 15) is 13.2 Å². The van der Waals surface area contributed by atoms with E-state index in [4.69, 9.17) is 9.88 Å². The molecule has 3 N–H and O–H groups in total. The Kier molecular flexibility index (Phi) is 3.27. The number of carbonyl (C=O) groups excluding carboxylic acids is 1. The van der Waals surface area contributed by atoms with E-state index in [1.165, 1.54) is 18.2 Å². The number of hydrogen-bond acceptors (Lipinski definition) is 4. The van der Waals surface area contributed by atoms with E-state index in [1.807, 2.05) is 13.8 Å². The molecule has 0 bridgehead atoms. The number of fused-ring (bicyclic) bond motifs is 1. The highest BCUT2D eigenvalue weighted by Crippen LogP contribution is 2.37. The maximum atomic E-state index is 12.1. The topological polar surface area (TPSA) is 98.5 Å². The van der Waals surface area contributed by atoms with Crippen LogP contribution in [0.2, 0.25) is 0 Å². The first-order valence-corrected chi connectivity index (χ1v) is 7.54. The molecule has 1 aliphatic heterocycles. The van der Waals surface area contributed by atoms with Crippen molar-refractivity contribution in [3.05, 3.63) is 18.2 Å². The van der Waals surface area contributed by atoms with Crippen LogP contribution < -0.4 is 15.2 Å². The maximum absolute atomic E-state index is 12.1. The van der Waals surface area contributed by atoms with Gasteiger partial charge in [-0.1, -0.05) is 13.8 Å². The fourth-order valence-corrected chi connectivity index (χ4v) is 2.62. The molecular weight excluding hydrogens is 268 g/mol. The van der Waals surface area contributed by atoms with Gasteiger partial charge in [0.05, 0.1) is 10.6 Å². The number of primary sulfonamides is 1. The summed E-state index contributed by atoms with van der Waals surface area (Å²) in [4.78, 5) is 12.0. The molecule has 0 aliphatic carbocycles. The molecule has 6 nitrogen and oxygen atoms in total. The molecule has 0 spiro atoms. The number of nitrogens with one attached hydrogen (secondary N) is 1. The van der Waals surface area contributed by atoms with Gasteiger partial charge in [-0.25, -0.2) is 13.6 Å². The fourth-order valence-electron chi connectivity index (χ4n) is 2.08. The van der Waals surface area contributed by atoms with Gasteiger partial charge in [-0.2, -0.15) is 0 Å². The molecule has 0 saturated heterocycles. The molecule has 1 aromatic rings. The molecule has 1 heterocycles. The standard InChI is InChI=1S/C12H16N2O4S/c1-3-12(4-2)11(15)14-9-7-8(19(13,16)17)5-6-10(9)18-12/h5-7H,3-4H2,1-2H3,(H,14,15)(H2,13,16,17). The Balaban J connectivity index is 2.47. The molecule has 1 amide bonds. The first-order valence-electron chi connectivity index (χ1n) is 5.99. The number of hydrogen-bond donors (Lipinski definition) is 2. The number of sulfonamides is 1. The van der Waals surface area contributed by atoms with E-state index in [1.54, 1.807) is 0 Å². The summed E-state index contributed by atoms with van der Waals surface area (Å²) >= 11 is 0. The number of amides is 1. The van der Waals surface area contributed by atoms with Crippen LogP contribution in [0.25, 0.3) is 0 Å². The largest absolute Gasteiger partial charge is 0.475 e. The summed E-state index contributed by atoms with van der Waals surface area (Å²) in [5.41, 5.74) is -0.565. The number of ether oxygens (including phenoxy) is 1. The van der Waals surface area contributed by atoms with Gasteiger partial charge < -0.3 is 10.1 Å². The highest BCUT2D eigenvalue weighted by atomic mass is 32.2. The van der Waals surface area contributed by atoms with Gasteiger partial charge in [0, 0.05) is 0 Å². The summed E-state index contributed by atoms with van der Waals surface area (Å²) in [6, 6.07) is 4.17. The van der Waals surface area contributed by atoms with Gasteiger partial charge in [0.1, 0.15) is 5.75 Å². The lowest BCUT2D eigenvalue weighted by Crippen LogP contribution is -2.49. The van der Waals surface area contributed by atoms with Gasteiger partial charge in [0.2, 0.25) is 10.0 Å². The molecule has 0 fully saturated rings. The highest BCUT2D eigenvalue weighted by Gasteiger charge is 2.41. The van der Waals surface area contributed by atoms with Crippen LogP contribution in [0.5, 0.6) is 5.75 Å². The van der Waals surface area contributed by atoms with E-state index in [0.717, 1.165) is 0 Å². The normalized spacial score (nSPS) is 17.3. The molecule has 0 unspecified atom stereocenters. The average molecular weight is 284 g/mol. The third-order valence-corrected chi connectivity index (χ3v) is 4.30. The molecule has 7 heteroatoms. The third kappa shape index (κ3) is 2.31. The van der Waals surface area contributed by atoms with Gasteiger partial charge in [0.15, 0.2) is 5.60 Å². The number of benzene rings is 1. The average Bonchev–Trinajstić information content (AvgIpc) is 2.36. The van der Waals surface area contributed by atoms with Crippen molar-refractivity contribution < 1.29 is 17.9 Å². The summed E-state index contributed by atoms with van der Waals surface area (Å²) in [5, 5.41) is 7.73. The predicted octanol–water partition coefficient (Wildman–Crippen LogP) is 1.22. The van der Waals surface area contributed by atoms with Crippen molar-refractivity contribution in [2.45, 2.75) is 37.2 Å². The Hall–Kier alpha value is -1.60. The summed E-state index contributed by atoms with van der Waals surface area (Å²) in [6.07, 6.45) is 1.07. The minimum atomic E-state index is -3.80. The van der Waals surface area contributed by atoms with Crippen LogP contribution in [0.3, 0.4) is 0 Å². The Morgan fingerprint density at radius 3 is 2.47 bits per heavy atom. The second-order valence-electron chi connectivity index (χ2n) is 4.46. The van der Waals surface area contributed by atoms with Crippen LogP contribution in [-0.2, 0) is 14.8 Å². The summed E-state index contributed by atoms with van der Waals surface area (Å²) in [7, 11) is -3.80. The van der Waals surface area contributed by atoms with Crippen LogP contribution in [0.4, 0.5) is 5.69 Å². The van der Waals surface area contributed by atoms with E-state index in [0.29, 0.717) is 24.3 Å². The second kappa shape index (κ2) is 4.50. The van der Waals surface area contributed by atoms with Gasteiger partial charge >= 0.3 is 0 Å². The lowest BCUT2D eigenvalue weighted by molar-refractivity contribution is -0.133. The maximum Gasteiger partial charge on any atom is 0.268 e. The molecule has 1 aromatic carbocycles. The zero-order valence-corrected chi connectivity index (χ0v) is 11.6. The highest BCUT2D eigenvalue weighted by molar-refractivity contribution is 7.89. The van der Waals surface area contributed by atoms with E-state index in [-0.39, 0.29) is 10.8 Å². The predicted molar refractivity (Wildman–Crippen MR) is 70.4 cm³/mol. The van der Waals surface area contributed by atoms with Gasteiger partial charge in [-0.15, -0.1) is 0 Å². The number of rotatable bonds is 3. The lowest BCUT2D eigenvalue weighted by Gasteiger charge is -2.36. The van der Waals surface area contributed by atoms with Gasteiger partial charge in [-0.3, -0.25) is 4.79 Å². The summed E-state index contributed by atoms with van der Waals surface area (Å²) in [6.45, 7) is 3.74. The SMILES string of the molecule is CCC1(CC)Oc2ccc(S(N)(=O)=O)cc2NC1=O. The minimum absolute atomic E-state index is 0.0596. The Labute approximate surface area is 112 Å². The first kappa shape index (κ1) is 13.8. The number of anilines is 1. The Bertz CT molecular complexity index is 621. The lowest BCUT2D eigenvalue weighted by atomic mass is 9.94. The molecule has 104 valence electrons. The van der Waals surface area contributed by atoms with Crippen LogP contribution in [0.15, 0.2) is 23.1 Å². The van der Waals surface area contributed by atoms with Crippen molar-refractivity contribution in [1.29, 1.82) is 0 Å². The summed E-state index contributed by atoms with van der Waals surface area (Å²) in [5.74, 6) is 0.187. The van der Waals surface area contributed by atoms with Crippen LogP contribution in [-0.4, -0.2) is 19.9 Å². The molecular formula is C12H16N2O4S. The molecule has 0 aromatic heterocycles. The van der Waals surface area contributed by atoms with Crippen molar-refractivity contribution in [2.75, 3.05) is 5.32 Å². The first-order chi connectivity index (χ1) is 8.82. The molecule has 1 aliphatic rings. The van der Waals surface area contributed by atoms with Crippen molar-refractivity contribution in [3.8, 4) is 5.75 Å². The van der Waals surface area contributed by atoms with Crippen molar-refractivity contribution in [3.63, 3.8) is 0 Å². The van der Waals surface area contributed by atoms with E-state index in [2.05, 4.69) is 5.32 Å². The Morgan fingerprint density at radius 2 is 1.95 bits per heavy atom. The Morgan fingerprint density at radius 1 is 1.32 bits per heavy atom.